The highest BCUT2D eigenvalue weighted by Crippen LogP contribution is 2.29. The van der Waals surface area contributed by atoms with Gasteiger partial charge < -0.3 is 11.5 Å². The molecule has 0 radical (unpaired) electrons. The number of ketones is 2. The Morgan fingerprint density at radius 2 is 1.30 bits per heavy atom. The maximum Gasteiger partial charge on any atom is 0.172 e. The van der Waals surface area contributed by atoms with Crippen molar-refractivity contribution in [3.05, 3.63) is 95.3 Å². The van der Waals surface area contributed by atoms with E-state index in [-0.39, 0.29) is 18.0 Å². The van der Waals surface area contributed by atoms with Crippen LogP contribution in [0.1, 0.15) is 38.6 Å². The first kappa shape index (κ1) is 18.3. The molecule has 5 heteroatoms. The normalized spacial score (nSPS) is 11.7. The van der Waals surface area contributed by atoms with Gasteiger partial charge in [0.2, 0.25) is 0 Å². The lowest BCUT2D eigenvalue weighted by Crippen LogP contribution is -2.19. The topological polar surface area (TPSA) is 86.2 Å². The lowest BCUT2D eigenvalue weighted by atomic mass is 9.85. The lowest BCUT2D eigenvalue weighted by Gasteiger charge is -2.17. The first-order chi connectivity index (χ1) is 13.0. The molecule has 0 aliphatic carbocycles. The second-order valence-corrected chi connectivity index (χ2v) is 6.27. The van der Waals surface area contributed by atoms with Crippen LogP contribution in [0.3, 0.4) is 0 Å². The Hall–Kier alpha value is -3.47. The molecule has 1 atom stereocenters. The van der Waals surface area contributed by atoms with E-state index in [1.807, 2.05) is 0 Å². The molecular formula is C22H19FN2O2. The smallest absolute Gasteiger partial charge is 0.172 e. The van der Waals surface area contributed by atoms with Gasteiger partial charge in [0, 0.05) is 28.9 Å². The highest BCUT2D eigenvalue weighted by molar-refractivity contribution is 6.09. The second-order valence-electron chi connectivity index (χ2n) is 6.27. The van der Waals surface area contributed by atoms with Gasteiger partial charge in [-0.3, -0.25) is 9.59 Å². The van der Waals surface area contributed by atoms with Crippen molar-refractivity contribution in [3.63, 3.8) is 0 Å². The summed E-state index contributed by atoms with van der Waals surface area (Å²) in [5.41, 5.74) is 13.8. The van der Waals surface area contributed by atoms with E-state index in [9.17, 15) is 14.0 Å². The molecule has 0 bridgehead atoms. The molecule has 0 spiro atoms. The molecule has 3 aromatic carbocycles. The lowest BCUT2D eigenvalue weighted by molar-refractivity contribution is 0.0894. The summed E-state index contributed by atoms with van der Waals surface area (Å²) < 4.78 is 13.3. The highest BCUT2D eigenvalue weighted by atomic mass is 19.1. The van der Waals surface area contributed by atoms with Gasteiger partial charge in [-0.1, -0.05) is 36.4 Å². The monoisotopic (exact) mass is 362 g/mol. The Labute approximate surface area is 156 Å². The summed E-state index contributed by atoms with van der Waals surface area (Å²) in [6.45, 7) is 0. The van der Waals surface area contributed by atoms with Crippen LogP contribution in [0.25, 0.3) is 0 Å². The molecule has 3 rings (SSSR count). The molecule has 1 unspecified atom stereocenters. The van der Waals surface area contributed by atoms with Crippen molar-refractivity contribution in [3.8, 4) is 0 Å². The van der Waals surface area contributed by atoms with Crippen LogP contribution in [0.15, 0.2) is 72.8 Å². The average Bonchev–Trinajstić information content (AvgIpc) is 2.67. The zero-order valence-electron chi connectivity index (χ0n) is 14.6. The predicted octanol–water partition coefficient (Wildman–Crippen LogP) is 4.23. The van der Waals surface area contributed by atoms with Gasteiger partial charge >= 0.3 is 0 Å². The maximum absolute atomic E-state index is 13.3. The van der Waals surface area contributed by atoms with Crippen LogP contribution in [-0.2, 0) is 0 Å². The van der Waals surface area contributed by atoms with E-state index in [0.29, 0.717) is 28.1 Å². The van der Waals surface area contributed by atoms with Crippen molar-refractivity contribution in [2.45, 2.75) is 12.3 Å². The summed E-state index contributed by atoms with van der Waals surface area (Å²) in [6.07, 6.45) is -0.0903. The summed E-state index contributed by atoms with van der Waals surface area (Å²) in [6, 6.07) is 19.0. The summed E-state index contributed by atoms with van der Waals surface area (Å²) in [7, 11) is 0. The molecule has 0 saturated carbocycles. The van der Waals surface area contributed by atoms with Gasteiger partial charge in [0.15, 0.2) is 11.6 Å². The second kappa shape index (κ2) is 7.83. The fraction of sp³-hybridized carbons (Fsp3) is 0.0909. The SMILES string of the molecule is Nc1ccccc1C(=O)CC(C(=O)c1ccccc1N)c1ccc(F)cc1. The maximum atomic E-state index is 13.3. The molecule has 0 heterocycles. The van der Waals surface area contributed by atoms with E-state index in [4.69, 9.17) is 11.5 Å². The predicted molar refractivity (Wildman–Crippen MR) is 104 cm³/mol. The Morgan fingerprint density at radius 3 is 1.85 bits per heavy atom. The minimum absolute atomic E-state index is 0.0903. The first-order valence-electron chi connectivity index (χ1n) is 8.49. The van der Waals surface area contributed by atoms with E-state index >= 15 is 0 Å². The summed E-state index contributed by atoms with van der Waals surface area (Å²) in [5.74, 6) is -1.75. The molecule has 4 nitrogen and oxygen atoms in total. The summed E-state index contributed by atoms with van der Waals surface area (Å²) >= 11 is 0. The molecule has 0 fully saturated rings. The van der Waals surface area contributed by atoms with Gasteiger partial charge in [0.25, 0.3) is 0 Å². The Balaban J connectivity index is 1.99. The van der Waals surface area contributed by atoms with Crippen LogP contribution >= 0.6 is 0 Å². The number of hydrogen-bond donors (Lipinski definition) is 2. The fourth-order valence-corrected chi connectivity index (χ4v) is 3.01. The molecule has 0 saturated heterocycles. The summed E-state index contributed by atoms with van der Waals surface area (Å²) in [5, 5.41) is 0. The van der Waals surface area contributed by atoms with Crippen molar-refractivity contribution in [1.82, 2.24) is 0 Å². The van der Waals surface area contributed by atoms with Crippen LogP contribution in [0.4, 0.5) is 15.8 Å². The standard InChI is InChI=1S/C22H19FN2O2/c23-15-11-9-14(10-12-15)18(22(27)17-6-2-4-8-20(17)25)13-21(26)16-5-1-3-7-19(16)24/h1-12,18H,13,24-25H2. The van der Waals surface area contributed by atoms with Gasteiger partial charge in [0.05, 0.1) is 5.92 Å². The van der Waals surface area contributed by atoms with E-state index in [1.54, 1.807) is 48.5 Å². The third-order valence-electron chi connectivity index (χ3n) is 4.47. The van der Waals surface area contributed by atoms with Crippen LogP contribution < -0.4 is 11.5 Å². The van der Waals surface area contributed by atoms with Crippen molar-refractivity contribution < 1.29 is 14.0 Å². The van der Waals surface area contributed by atoms with Crippen molar-refractivity contribution in [1.29, 1.82) is 0 Å². The summed E-state index contributed by atoms with van der Waals surface area (Å²) in [4.78, 5) is 25.9. The number of carbonyl (C=O) groups is 2. The fourth-order valence-electron chi connectivity index (χ4n) is 3.01. The van der Waals surface area contributed by atoms with E-state index < -0.39 is 11.7 Å². The van der Waals surface area contributed by atoms with E-state index in [2.05, 4.69) is 0 Å². The molecule has 0 amide bonds. The zero-order chi connectivity index (χ0) is 19.4. The minimum atomic E-state index is -0.789. The number of carbonyl (C=O) groups excluding carboxylic acids is 2. The molecule has 136 valence electrons. The molecular weight excluding hydrogens is 343 g/mol. The molecule has 3 aromatic rings. The number of hydrogen-bond acceptors (Lipinski definition) is 4. The Morgan fingerprint density at radius 1 is 0.778 bits per heavy atom. The van der Waals surface area contributed by atoms with Crippen LogP contribution in [0.2, 0.25) is 0 Å². The van der Waals surface area contributed by atoms with E-state index in [1.165, 1.54) is 24.3 Å². The van der Waals surface area contributed by atoms with Crippen molar-refractivity contribution >= 4 is 22.9 Å². The number of benzene rings is 3. The average molecular weight is 362 g/mol. The van der Waals surface area contributed by atoms with E-state index in [0.717, 1.165) is 0 Å². The highest BCUT2D eigenvalue weighted by Gasteiger charge is 2.27. The number of para-hydroxylation sites is 2. The number of rotatable bonds is 6. The van der Waals surface area contributed by atoms with Crippen LogP contribution in [0, 0.1) is 5.82 Å². The number of anilines is 2. The molecule has 0 aromatic heterocycles. The number of nitrogen functional groups attached to an aromatic ring is 2. The minimum Gasteiger partial charge on any atom is -0.398 e. The van der Waals surface area contributed by atoms with Gasteiger partial charge in [0.1, 0.15) is 5.82 Å². The van der Waals surface area contributed by atoms with Gasteiger partial charge in [-0.2, -0.15) is 0 Å². The van der Waals surface area contributed by atoms with Crippen LogP contribution in [-0.4, -0.2) is 11.6 Å². The third kappa shape index (κ3) is 4.03. The van der Waals surface area contributed by atoms with Gasteiger partial charge in [-0.05, 0) is 42.0 Å². The molecule has 27 heavy (non-hydrogen) atoms. The molecule has 0 aliphatic heterocycles. The number of Topliss-reactive ketones (excluding diaryl/α,β-unsaturated/α-hetero) is 2. The van der Waals surface area contributed by atoms with Crippen molar-refractivity contribution in [2.24, 2.45) is 0 Å². The van der Waals surface area contributed by atoms with Gasteiger partial charge in [-0.15, -0.1) is 0 Å². The quantitative estimate of drug-likeness (QED) is 0.507. The number of halogens is 1. The first-order valence-corrected chi connectivity index (χ1v) is 8.49. The molecule has 0 aliphatic rings. The zero-order valence-corrected chi connectivity index (χ0v) is 14.6. The molecule has 4 N–H and O–H groups in total. The Kier molecular flexibility index (Phi) is 5.31. The van der Waals surface area contributed by atoms with Crippen LogP contribution in [0.5, 0.6) is 0 Å². The van der Waals surface area contributed by atoms with Gasteiger partial charge in [-0.25, -0.2) is 4.39 Å². The largest absolute Gasteiger partial charge is 0.398 e. The Bertz CT molecular complexity index is 984. The third-order valence-corrected chi connectivity index (χ3v) is 4.47. The number of nitrogens with two attached hydrogens (primary N) is 2. The van der Waals surface area contributed by atoms with Crippen molar-refractivity contribution in [2.75, 3.05) is 11.5 Å².